The third-order valence-electron chi connectivity index (χ3n) is 4.19. The van der Waals surface area contributed by atoms with E-state index in [0.29, 0.717) is 16.5 Å². The number of esters is 1. The summed E-state index contributed by atoms with van der Waals surface area (Å²) in [6, 6.07) is 14.4. The third kappa shape index (κ3) is 3.78. The van der Waals surface area contributed by atoms with E-state index in [-0.39, 0.29) is 12.0 Å². The SMILES string of the molecule is CC(=O)OC(C)c1ncnc(NC(C)c2cccc3ccccc23)c1Cl. The molecule has 2 atom stereocenters. The predicted octanol–water partition coefficient (Wildman–Crippen LogP) is 5.08. The van der Waals surface area contributed by atoms with Crippen molar-refractivity contribution in [2.45, 2.75) is 32.9 Å². The highest BCUT2D eigenvalue weighted by Crippen LogP contribution is 2.32. The molecule has 1 heterocycles. The van der Waals surface area contributed by atoms with Gasteiger partial charge in [0.1, 0.15) is 29.0 Å². The summed E-state index contributed by atoms with van der Waals surface area (Å²) in [5, 5.41) is 6.05. The molecular weight excluding hydrogens is 350 g/mol. The summed E-state index contributed by atoms with van der Waals surface area (Å²) >= 11 is 6.46. The molecule has 0 aliphatic carbocycles. The van der Waals surface area contributed by atoms with Crippen LogP contribution in [0, 0.1) is 0 Å². The minimum Gasteiger partial charge on any atom is -0.456 e. The largest absolute Gasteiger partial charge is 0.456 e. The Morgan fingerprint density at radius 1 is 1.12 bits per heavy atom. The number of rotatable bonds is 5. The van der Waals surface area contributed by atoms with E-state index in [1.54, 1.807) is 6.92 Å². The number of halogens is 1. The first kappa shape index (κ1) is 18.1. The average Bonchev–Trinajstić information content (AvgIpc) is 2.62. The number of carbonyl (C=O) groups excluding carboxylic acids is 1. The number of carbonyl (C=O) groups is 1. The van der Waals surface area contributed by atoms with Crippen LogP contribution in [-0.2, 0) is 9.53 Å². The second-order valence-corrected chi connectivity index (χ2v) is 6.49. The van der Waals surface area contributed by atoms with Crippen LogP contribution in [0.4, 0.5) is 5.82 Å². The fraction of sp³-hybridized carbons (Fsp3) is 0.250. The Morgan fingerprint density at radius 3 is 2.62 bits per heavy atom. The molecule has 0 spiro atoms. The van der Waals surface area contributed by atoms with Crippen LogP contribution < -0.4 is 5.32 Å². The number of benzene rings is 2. The summed E-state index contributed by atoms with van der Waals surface area (Å²) in [7, 11) is 0. The van der Waals surface area contributed by atoms with Crippen molar-refractivity contribution in [3.05, 3.63) is 65.1 Å². The lowest BCUT2D eigenvalue weighted by atomic mass is 10.00. The van der Waals surface area contributed by atoms with Gasteiger partial charge in [-0.15, -0.1) is 0 Å². The van der Waals surface area contributed by atoms with Crippen LogP contribution in [0.1, 0.15) is 44.2 Å². The van der Waals surface area contributed by atoms with Gasteiger partial charge >= 0.3 is 5.97 Å². The quantitative estimate of drug-likeness (QED) is 0.635. The van der Waals surface area contributed by atoms with E-state index in [9.17, 15) is 4.79 Å². The van der Waals surface area contributed by atoms with Crippen molar-refractivity contribution in [2.75, 3.05) is 5.32 Å². The highest BCUT2D eigenvalue weighted by Gasteiger charge is 2.19. The van der Waals surface area contributed by atoms with Crippen molar-refractivity contribution < 1.29 is 9.53 Å². The summed E-state index contributed by atoms with van der Waals surface area (Å²) in [6.45, 7) is 5.14. The molecule has 6 heteroatoms. The third-order valence-corrected chi connectivity index (χ3v) is 4.56. The zero-order valence-corrected chi connectivity index (χ0v) is 15.6. The number of anilines is 1. The van der Waals surface area contributed by atoms with Crippen molar-refractivity contribution in [3.63, 3.8) is 0 Å². The van der Waals surface area contributed by atoms with E-state index >= 15 is 0 Å². The zero-order chi connectivity index (χ0) is 18.7. The van der Waals surface area contributed by atoms with Crippen LogP contribution in [0.5, 0.6) is 0 Å². The number of hydrogen-bond acceptors (Lipinski definition) is 5. The highest BCUT2D eigenvalue weighted by molar-refractivity contribution is 6.33. The summed E-state index contributed by atoms with van der Waals surface area (Å²) in [5.74, 6) is 0.127. The lowest BCUT2D eigenvalue weighted by molar-refractivity contribution is -0.145. The van der Waals surface area contributed by atoms with Crippen molar-refractivity contribution >= 4 is 34.2 Å². The summed E-state index contributed by atoms with van der Waals surface area (Å²) in [4.78, 5) is 19.6. The van der Waals surface area contributed by atoms with Gasteiger partial charge in [-0.2, -0.15) is 0 Å². The maximum atomic E-state index is 11.2. The lowest BCUT2D eigenvalue weighted by Gasteiger charge is -2.19. The predicted molar refractivity (Wildman–Crippen MR) is 103 cm³/mol. The van der Waals surface area contributed by atoms with Crippen LogP contribution in [0.3, 0.4) is 0 Å². The molecule has 0 fully saturated rings. The normalized spacial score (nSPS) is 13.2. The second-order valence-electron chi connectivity index (χ2n) is 6.11. The number of nitrogens with one attached hydrogen (secondary N) is 1. The number of hydrogen-bond donors (Lipinski definition) is 1. The van der Waals surface area contributed by atoms with Crippen molar-refractivity contribution in [3.8, 4) is 0 Å². The Kier molecular flexibility index (Phi) is 5.38. The molecule has 0 saturated heterocycles. The number of ether oxygens (including phenoxy) is 1. The molecular formula is C20H20ClN3O2. The van der Waals surface area contributed by atoms with Crippen LogP contribution in [0.15, 0.2) is 48.8 Å². The minimum absolute atomic E-state index is 0.0228. The van der Waals surface area contributed by atoms with Crippen LogP contribution >= 0.6 is 11.6 Å². The molecule has 1 N–H and O–H groups in total. The molecule has 5 nitrogen and oxygen atoms in total. The molecule has 0 aliphatic heterocycles. The van der Waals surface area contributed by atoms with Crippen molar-refractivity contribution in [2.24, 2.45) is 0 Å². The Bertz CT molecular complexity index is 940. The van der Waals surface area contributed by atoms with Crippen molar-refractivity contribution in [1.29, 1.82) is 0 Å². The smallest absolute Gasteiger partial charge is 0.303 e. The summed E-state index contributed by atoms with van der Waals surface area (Å²) in [6.07, 6.45) is 0.871. The summed E-state index contributed by atoms with van der Waals surface area (Å²) in [5.41, 5.74) is 1.62. The van der Waals surface area contributed by atoms with Gasteiger partial charge in [0.2, 0.25) is 0 Å². The Balaban J connectivity index is 1.90. The maximum absolute atomic E-state index is 11.2. The second kappa shape index (κ2) is 7.70. The van der Waals surface area contributed by atoms with Gasteiger partial charge in [-0.05, 0) is 30.2 Å². The topological polar surface area (TPSA) is 64.1 Å². The zero-order valence-electron chi connectivity index (χ0n) is 14.9. The van der Waals surface area contributed by atoms with E-state index in [1.165, 1.54) is 24.0 Å². The van der Waals surface area contributed by atoms with Gasteiger partial charge in [0.25, 0.3) is 0 Å². The average molecular weight is 370 g/mol. The first-order valence-electron chi connectivity index (χ1n) is 8.39. The van der Waals surface area contributed by atoms with Crippen LogP contribution in [-0.4, -0.2) is 15.9 Å². The van der Waals surface area contributed by atoms with Gasteiger partial charge in [0.05, 0.1) is 6.04 Å². The lowest BCUT2D eigenvalue weighted by Crippen LogP contribution is -2.12. The first-order chi connectivity index (χ1) is 12.5. The van der Waals surface area contributed by atoms with Crippen molar-refractivity contribution in [1.82, 2.24) is 9.97 Å². The fourth-order valence-corrected chi connectivity index (χ4v) is 3.29. The van der Waals surface area contributed by atoms with Gasteiger partial charge in [0.15, 0.2) is 0 Å². The van der Waals surface area contributed by atoms with Gasteiger partial charge in [0, 0.05) is 6.92 Å². The molecule has 3 aromatic rings. The Labute approximate surface area is 157 Å². The molecule has 2 unspecified atom stereocenters. The van der Waals surface area contributed by atoms with Gasteiger partial charge in [-0.3, -0.25) is 4.79 Å². The first-order valence-corrected chi connectivity index (χ1v) is 8.77. The van der Waals surface area contributed by atoms with Crippen LogP contribution in [0.25, 0.3) is 10.8 Å². The standard InChI is InChI=1S/C20H20ClN3O2/c1-12(16-10-6-8-15-7-4-5-9-17(15)16)24-20-18(21)19(22-11-23-20)13(2)26-14(3)25/h4-13H,1-3H3,(H,22,23,24). The minimum atomic E-state index is -0.545. The molecule has 0 saturated carbocycles. The highest BCUT2D eigenvalue weighted by atomic mass is 35.5. The molecule has 26 heavy (non-hydrogen) atoms. The maximum Gasteiger partial charge on any atom is 0.303 e. The Hall–Kier alpha value is -2.66. The molecule has 0 bridgehead atoms. The van der Waals surface area contributed by atoms with E-state index in [0.717, 1.165) is 5.56 Å². The van der Waals surface area contributed by atoms with E-state index in [2.05, 4.69) is 46.5 Å². The molecule has 3 rings (SSSR count). The van der Waals surface area contributed by atoms with Gasteiger partial charge in [-0.1, -0.05) is 54.1 Å². The number of aromatic nitrogens is 2. The van der Waals surface area contributed by atoms with E-state index in [4.69, 9.17) is 16.3 Å². The van der Waals surface area contributed by atoms with E-state index < -0.39 is 6.10 Å². The fourth-order valence-electron chi connectivity index (χ4n) is 2.98. The van der Waals surface area contributed by atoms with Gasteiger partial charge < -0.3 is 10.1 Å². The molecule has 2 aromatic carbocycles. The monoisotopic (exact) mass is 369 g/mol. The number of nitrogens with zero attached hydrogens (tertiary/aromatic N) is 2. The summed E-state index contributed by atoms with van der Waals surface area (Å²) < 4.78 is 5.18. The van der Waals surface area contributed by atoms with Gasteiger partial charge in [-0.25, -0.2) is 9.97 Å². The Morgan fingerprint density at radius 2 is 1.85 bits per heavy atom. The molecule has 0 aliphatic rings. The van der Waals surface area contributed by atoms with Crippen LogP contribution in [0.2, 0.25) is 5.02 Å². The molecule has 1 aromatic heterocycles. The van der Waals surface area contributed by atoms with E-state index in [1.807, 2.05) is 18.2 Å². The molecule has 0 radical (unpaired) electrons. The molecule has 0 amide bonds. The molecule has 134 valence electrons. The number of fused-ring (bicyclic) bond motifs is 1.